The van der Waals surface area contributed by atoms with Crippen LogP contribution in [0.3, 0.4) is 0 Å². The van der Waals surface area contributed by atoms with Crippen LogP contribution >= 0.6 is 27.5 Å². The van der Waals surface area contributed by atoms with Crippen molar-refractivity contribution in [1.29, 1.82) is 0 Å². The molecule has 35 heavy (non-hydrogen) atoms. The number of carbonyl (C=O) groups excluding carboxylic acids is 2. The first-order valence-corrected chi connectivity index (χ1v) is 12.1. The quantitative estimate of drug-likeness (QED) is 0.372. The Labute approximate surface area is 213 Å². The molecule has 0 radical (unpaired) electrons. The van der Waals surface area contributed by atoms with Crippen LogP contribution in [0.5, 0.6) is 0 Å². The fourth-order valence-corrected chi connectivity index (χ4v) is 4.62. The maximum absolute atomic E-state index is 13.5. The van der Waals surface area contributed by atoms with Gasteiger partial charge >= 0.3 is 0 Å². The van der Waals surface area contributed by atoms with E-state index in [2.05, 4.69) is 41.7 Å². The van der Waals surface area contributed by atoms with Gasteiger partial charge in [0.25, 0.3) is 11.8 Å². The summed E-state index contributed by atoms with van der Waals surface area (Å²) in [7, 11) is 0. The number of halogens is 2. The predicted molar refractivity (Wildman–Crippen MR) is 133 cm³/mol. The van der Waals surface area contributed by atoms with E-state index in [0.717, 1.165) is 18.4 Å². The lowest BCUT2D eigenvalue weighted by Crippen LogP contribution is -2.34. The number of nitrogens with zero attached hydrogens (tertiary/aromatic N) is 5. The highest BCUT2D eigenvalue weighted by Crippen LogP contribution is 2.26. The molecule has 0 saturated carbocycles. The van der Waals surface area contributed by atoms with Crippen molar-refractivity contribution >= 4 is 50.5 Å². The van der Waals surface area contributed by atoms with Crippen molar-refractivity contribution in [3.8, 4) is 5.82 Å². The molecule has 1 aliphatic heterocycles. The van der Waals surface area contributed by atoms with Crippen LogP contribution < -0.4 is 10.6 Å². The molecule has 0 aliphatic carbocycles. The minimum absolute atomic E-state index is 0.0234. The van der Waals surface area contributed by atoms with Crippen molar-refractivity contribution < 1.29 is 14.3 Å². The Morgan fingerprint density at radius 2 is 2.11 bits per heavy atom. The number of amides is 2. The summed E-state index contributed by atoms with van der Waals surface area (Å²) in [6.07, 6.45) is 5.00. The van der Waals surface area contributed by atoms with Crippen LogP contribution in [-0.4, -0.2) is 55.4 Å². The largest absolute Gasteiger partial charge is 0.376 e. The molecule has 1 aliphatic rings. The van der Waals surface area contributed by atoms with E-state index in [0.29, 0.717) is 39.8 Å². The van der Waals surface area contributed by atoms with Crippen LogP contribution in [0.25, 0.3) is 11.3 Å². The van der Waals surface area contributed by atoms with E-state index in [-0.39, 0.29) is 23.4 Å². The van der Waals surface area contributed by atoms with E-state index >= 15 is 0 Å². The van der Waals surface area contributed by atoms with E-state index < -0.39 is 5.91 Å². The van der Waals surface area contributed by atoms with Gasteiger partial charge in [-0.3, -0.25) is 9.59 Å². The predicted octanol–water partition coefficient (Wildman–Crippen LogP) is 3.80. The number of fused-ring (bicyclic) bond motifs is 1. The summed E-state index contributed by atoms with van der Waals surface area (Å²) in [6.45, 7) is 2.89. The second kappa shape index (κ2) is 9.76. The SMILES string of the molecule is Cc1cc2ccnn2c(C(=O)NC[C@H]2CCCO2)c1NC(=O)c1cc(Br)nn1-c1ncccc1Cl. The normalized spacial score (nSPS) is 15.5. The summed E-state index contributed by atoms with van der Waals surface area (Å²) >= 11 is 9.61. The molecule has 2 amide bonds. The summed E-state index contributed by atoms with van der Waals surface area (Å²) < 4.78 is 8.90. The monoisotopic (exact) mass is 557 g/mol. The second-order valence-electron chi connectivity index (χ2n) is 8.09. The molecule has 1 saturated heterocycles. The van der Waals surface area contributed by atoms with Crippen LogP contribution in [0.1, 0.15) is 39.4 Å². The smallest absolute Gasteiger partial charge is 0.274 e. The number of nitrogens with one attached hydrogen (secondary N) is 2. The Hall–Kier alpha value is -3.28. The van der Waals surface area contributed by atoms with Crippen molar-refractivity contribution in [2.75, 3.05) is 18.5 Å². The second-order valence-corrected chi connectivity index (χ2v) is 9.31. The maximum Gasteiger partial charge on any atom is 0.274 e. The highest BCUT2D eigenvalue weighted by atomic mass is 79.9. The van der Waals surface area contributed by atoms with Crippen LogP contribution in [0.4, 0.5) is 5.69 Å². The van der Waals surface area contributed by atoms with Gasteiger partial charge in [0, 0.05) is 25.4 Å². The molecule has 4 aromatic heterocycles. The van der Waals surface area contributed by atoms with Gasteiger partial charge in [-0.25, -0.2) is 14.2 Å². The number of hydrogen-bond acceptors (Lipinski definition) is 6. The van der Waals surface area contributed by atoms with Gasteiger partial charge in [0.15, 0.2) is 11.5 Å². The molecule has 180 valence electrons. The zero-order valence-electron chi connectivity index (χ0n) is 18.7. The van der Waals surface area contributed by atoms with E-state index in [4.69, 9.17) is 16.3 Å². The van der Waals surface area contributed by atoms with E-state index in [1.807, 2.05) is 13.0 Å². The molecule has 10 nitrogen and oxygen atoms in total. The lowest BCUT2D eigenvalue weighted by Gasteiger charge is -2.17. The number of aryl methyl sites for hydroxylation is 1. The Kier molecular flexibility index (Phi) is 6.54. The highest BCUT2D eigenvalue weighted by Gasteiger charge is 2.25. The van der Waals surface area contributed by atoms with Gasteiger partial charge in [-0.15, -0.1) is 0 Å². The lowest BCUT2D eigenvalue weighted by molar-refractivity contribution is 0.0852. The molecular formula is C23H21BrClN7O3. The van der Waals surface area contributed by atoms with Crippen LogP contribution in [0.2, 0.25) is 5.02 Å². The van der Waals surface area contributed by atoms with Gasteiger partial charge in [-0.05, 0) is 65.5 Å². The van der Waals surface area contributed by atoms with Gasteiger partial charge in [0.1, 0.15) is 10.3 Å². The summed E-state index contributed by atoms with van der Waals surface area (Å²) in [5.74, 6) is -0.554. The molecule has 0 unspecified atom stereocenters. The van der Waals surface area contributed by atoms with Crippen LogP contribution in [0.15, 0.2) is 47.3 Å². The summed E-state index contributed by atoms with van der Waals surface area (Å²) in [4.78, 5) is 31.0. The Morgan fingerprint density at radius 1 is 1.26 bits per heavy atom. The lowest BCUT2D eigenvalue weighted by atomic mass is 10.1. The standard InChI is InChI=1S/C23H21BrClN7O3/c1-13-10-14-6-8-28-31(14)20(23(34)27-12-15-4-3-9-35-15)19(13)29-22(33)17-11-18(24)30-32(17)21-16(25)5-2-7-26-21/h2,5-8,10-11,15H,3-4,9,12H2,1H3,(H,27,34)(H,29,33)/t15-/m1/s1. The number of anilines is 1. The Balaban J connectivity index is 1.51. The molecule has 0 bridgehead atoms. The molecule has 0 spiro atoms. The first kappa shape index (κ1) is 23.5. The van der Waals surface area contributed by atoms with Crippen LogP contribution in [-0.2, 0) is 4.74 Å². The maximum atomic E-state index is 13.5. The average Bonchev–Trinajstić information content (AvgIpc) is 3.59. The third-order valence-electron chi connectivity index (χ3n) is 5.70. The first-order valence-electron chi connectivity index (χ1n) is 11.0. The number of ether oxygens (including phenoxy) is 1. The fraction of sp³-hybridized carbons (Fsp3) is 0.261. The first-order chi connectivity index (χ1) is 16.9. The van der Waals surface area contributed by atoms with E-state index in [9.17, 15) is 9.59 Å². The number of aromatic nitrogens is 5. The third kappa shape index (κ3) is 4.66. The molecule has 5 rings (SSSR count). The molecule has 0 aromatic carbocycles. The van der Waals surface area contributed by atoms with E-state index in [1.54, 1.807) is 36.7 Å². The Bertz CT molecular complexity index is 1430. The minimum Gasteiger partial charge on any atom is -0.376 e. The van der Waals surface area contributed by atoms with Crippen molar-refractivity contribution in [3.05, 3.63) is 69.3 Å². The fourth-order valence-electron chi connectivity index (χ4n) is 4.05. The topological polar surface area (TPSA) is 115 Å². The molecule has 5 heterocycles. The zero-order valence-corrected chi connectivity index (χ0v) is 21.0. The number of hydrogen-bond donors (Lipinski definition) is 2. The van der Waals surface area contributed by atoms with Crippen LogP contribution in [0, 0.1) is 6.92 Å². The molecular weight excluding hydrogens is 538 g/mol. The molecule has 1 fully saturated rings. The number of rotatable bonds is 6. The van der Waals surface area contributed by atoms with Gasteiger partial charge in [-0.1, -0.05) is 11.6 Å². The van der Waals surface area contributed by atoms with Crippen molar-refractivity contribution in [2.45, 2.75) is 25.9 Å². The zero-order chi connectivity index (χ0) is 24.5. The van der Waals surface area contributed by atoms with Gasteiger partial charge in [0.05, 0.1) is 28.5 Å². The Morgan fingerprint density at radius 3 is 2.89 bits per heavy atom. The van der Waals surface area contributed by atoms with E-state index in [1.165, 1.54) is 9.20 Å². The highest BCUT2D eigenvalue weighted by molar-refractivity contribution is 9.10. The molecule has 1 atom stereocenters. The van der Waals surface area contributed by atoms with Crippen molar-refractivity contribution in [2.24, 2.45) is 0 Å². The van der Waals surface area contributed by atoms with Gasteiger partial charge < -0.3 is 15.4 Å². The summed E-state index contributed by atoms with van der Waals surface area (Å²) in [6, 6.07) is 8.55. The van der Waals surface area contributed by atoms with Gasteiger partial charge in [-0.2, -0.15) is 10.2 Å². The average molecular weight is 559 g/mol. The summed E-state index contributed by atoms with van der Waals surface area (Å²) in [5, 5.41) is 14.8. The minimum atomic E-state index is -0.493. The molecule has 2 N–H and O–H groups in total. The van der Waals surface area contributed by atoms with Gasteiger partial charge in [0.2, 0.25) is 0 Å². The van der Waals surface area contributed by atoms with Crippen molar-refractivity contribution in [3.63, 3.8) is 0 Å². The third-order valence-corrected chi connectivity index (χ3v) is 6.38. The number of pyridine rings is 2. The van der Waals surface area contributed by atoms with Crippen molar-refractivity contribution in [1.82, 2.24) is 29.7 Å². The molecule has 12 heteroatoms. The number of carbonyl (C=O) groups is 2. The summed E-state index contributed by atoms with van der Waals surface area (Å²) in [5.41, 5.74) is 2.18. The molecule has 4 aromatic rings.